The zero-order valence-electron chi connectivity index (χ0n) is 19.5. The Hall–Kier alpha value is -3.93. The number of hydrogen-bond donors (Lipinski definition) is 1. The number of carbonyl (C=O) groups is 1. The molecule has 6 nitrogen and oxygen atoms in total. The summed E-state index contributed by atoms with van der Waals surface area (Å²) in [6.07, 6.45) is -7.19. The summed E-state index contributed by atoms with van der Waals surface area (Å²) >= 11 is 6.21. The molecule has 0 fully saturated rings. The first-order valence-electron chi connectivity index (χ1n) is 11.0. The average Bonchev–Trinajstić information content (AvgIpc) is 3.27. The molecule has 0 aliphatic carbocycles. The van der Waals surface area contributed by atoms with E-state index in [0.717, 1.165) is 4.68 Å². The zero-order chi connectivity index (χ0) is 27.7. The Morgan fingerprint density at radius 3 is 2.24 bits per heavy atom. The fraction of sp³-hybridized carbons (Fsp3) is 0.200. The standard InChI is InChI=1S/C25H18ClF6N5O/c1-14(19-6-2-3-7-20(19)26)34-23(38)21-22(16-5-4-8-33-12-16)37(36-35-21)13-15-9-17(24(27,28)29)11-18(10-15)25(30,31)32/h2-12,14H,13H2,1H3,(H,34,38). The Morgan fingerprint density at radius 2 is 1.66 bits per heavy atom. The van der Waals surface area contributed by atoms with E-state index < -0.39 is 42.0 Å². The number of amides is 1. The normalized spacial score (nSPS) is 12.8. The Bertz CT molecular complexity index is 1420. The molecule has 13 heteroatoms. The molecule has 0 saturated heterocycles. The van der Waals surface area contributed by atoms with Gasteiger partial charge in [-0.2, -0.15) is 26.3 Å². The van der Waals surface area contributed by atoms with E-state index >= 15 is 0 Å². The maximum atomic E-state index is 13.3. The molecular weight excluding hydrogens is 536 g/mol. The number of hydrogen-bond acceptors (Lipinski definition) is 4. The number of benzene rings is 2. The number of halogens is 7. The second-order valence-electron chi connectivity index (χ2n) is 8.32. The van der Waals surface area contributed by atoms with E-state index in [0.29, 0.717) is 28.3 Å². The van der Waals surface area contributed by atoms with Crippen molar-refractivity contribution < 1.29 is 31.1 Å². The molecule has 1 amide bonds. The fourth-order valence-corrected chi connectivity index (χ4v) is 4.12. The molecule has 1 unspecified atom stereocenters. The number of carbonyl (C=O) groups excluding carboxylic acids is 1. The lowest BCUT2D eigenvalue weighted by molar-refractivity contribution is -0.143. The van der Waals surface area contributed by atoms with Gasteiger partial charge in [0.2, 0.25) is 0 Å². The van der Waals surface area contributed by atoms with Crippen LogP contribution >= 0.6 is 11.6 Å². The number of alkyl halides is 6. The van der Waals surface area contributed by atoms with Crippen molar-refractivity contribution in [1.29, 1.82) is 0 Å². The Morgan fingerprint density at radius 1 is 1.00 bits per heavy atom. The van der Waals surface area contributed by atoms with Crippen LogP contribution in [0.25, 0.3) is 11.3 Å². The van der Waals surface area contributed by atoms with Crippen LogP contribution in [0.15, 0.2) is 67.0 Å². The summed E-state index contributed by atoms with van der Waals surface area (Å²) in [5, 5.41) is 10.9. The van der Waals surface area contributed by atoms with Crippen molar-refractivity contribution in [3.63, 3.8) is 0 Å². The highest BCUT2D eigenvalue weighted by Crippen LogP contribution is 2.37. The molecule has 4 aromatic rings. The van der Waals surface area contributed by atoms with Crippen molar-refractivity contribution >= 4 is 17.5 Å². The highest BCUT2D eigenvalue weighted by molar-refractivity contribution is 6.31. The zero-order valence-corrected chi connectivity index (χ0v) is 20.2. The maximum Gasteiger partial charge on any atom is 0.416 e. The van der Waals surface area contributed by atoms with Crippen LogP contribution in [0.5, 0.6) is 0 Å². The van der Waals surface area contributed by atoms with E-state index in [1.807, 2.05) is 0 Å². The van der Waals surface area contributed by atoms with Gasteiger partial charge < -0.3 is 5.32 Å². The van der Waals surface area contributed by atoms with Gasteiger partial charge in [0, 0.05) is 23.0 Å². The predicted molar refractivity (Wildman–Crippen MR) is 126 cm³/mol. The number of nitrogens with zero attached hydrogens (tertiary/aromatic N) is 4. The van der Waals surface area contributed by atoms with Crippen molar-refractivity contribution in [3.05, 3.63) is 100.0 Å². The van der Waals surface area contributed by atoms with Crippen LogP contribution in [0.3, 0.4) is 0 Å². The van der Waals surface area contributed by atoms with E-state index in [4.69, 9.17) is 11.6 Å². The van der Waals surface area contributed by atoms with Crippen molar-refractivity contribution in [2.24, 2.45) is 0 Å². The molecule has 2 aromatic heterocycles. The molecule has 0 aliphatic heterocycles. The van der Waals surface area contributed by atoms with Crippen LogP contribution in [-0.4, -0.2) is 25.9 Å². The van der Waals surface area contributed by atoms with E-state index in [1.165, 1.54) is 12.4 Å². The summed E-state index contributed by atoms with van der Waals surface area (Å²) < 4.78 is 81.1. The SMILES string of the molecule is CC(NC(=O)c1nnn(Cc2cc(C(F)(F)F)cc(C(F)(F)F)c2)c1-c1cccnc1)c1ccccc1Cl. The van der Waals surface area contributed by atoms with Gasteiger partial charge in [-0.15, -0.1) is 5.10 Å². The molecule has 2 heterocycles. The summed E-state index contributed by atoms with van der Waals surface area (Å²) in [5.74, 6) is -0.678. The topological polar surface area (TPSA) is 72.7 Å². The van der Waals surface area contributed by atoms with Crippen molar-refractivity contribution in [1.82, 2.24) is 25.3 Å². The minimum absolute atomic E-state index is 0.0435. The summed E-state index contributed by atoms with van der Waals surface area (Å²) in [6, 6.07) is 10.6. The monoisotopic (exact) mass is 553 g/mol. The Labute approximate surface area is 217 Å². The van der Waals surface area contributed by atoms with E-state index in [2.05, 4.69) is 20.6 Å². The fourth-order valence-electron chi connectivity index (χ4n) is 3.82. The molecule has 0 aliphatic rings. The van der Waals surface area contributed by atoms with Gasteiger partial charge in [-0.1, -0.05) is 35.0 Å². The smallest absolute Gasteiger partial charge is 0.344 e. The van der Waals surface area contributed by atoms with Crippen LogP contribution < -0.4 is 5.32 Å². The predicted octanol–water partition coefficient (Wildman–Crippen LogP) is 6.57. The summed E-state index contributed by atoms with van der Waals surface area (Å²) in [5.41, 5.74) is -2.43. The van der Waals surface area contributed by atoms with Crippen LogP contribution in [-0.2, 0) is 18.9 Å². The minimum atomic E-state index is -5.01. The summed E-state index contributed by atoms with van der Waals surface area (Å²) in [6.45, 7) is 1.16. The molecule has 0 bridgehead atoms. The van der Waals surface area contributed by atoms with Gasteiger partial charge in [0.15, 0.2) is 5.69 Å². The van der Waals surface area contributed by atoms with Gasteiger partial charge in [-0.05, 0) is 54.4 Å². The molecule has 4 rings (SSSR count). The molecule has 0 radical (unpaired) electrons. The lowest BCUT2D eigenvalue weighted by atomic mass is 10.0. The second kappa shape index (κ2) is 10.4. The van der Waals surface area contributed by atoms with E-state index in [1.54, 1.807) is 43.3 Å². The molecule has 0 spiro atoms. The van der Waals surface area contributed by atoms with Gasteiger partial charge >= 0.3 is 12.4 Å². The number of nitrogens with one attached hydrogen (secondary N) is 1. The third kappa shape index (κ3) is 5.96. The van der Waals surface area contributed by atoms with Gasteiger partial charge in [-0.3, -0.25) is 9.78 Å². The molecule has 1 N–H and O–H groups in total. The number of rotatable bonds is 6. The molecule has 2 aromatic carbocycles. The third-order valence-electron chi connectivity index (χ3n) is 5.58. The maximum absolute atomic E-state index is 13.3. The summed E-state index contributed by atoms with van der Waals surface area (Å²) in [7, 11) is 0. The third-order valence-corrected chi connectivity index (χ3v) is 5.93. The van der Waals surface area contributed by atoms with E-state index in [-0.39, 0.29) is 23.0 Å². The lowest BCUT2D eigenvalue weighted by Crippen LogP contribution is -2.27. The molecule has 198 valence electrons. The van der Waals surface area contributed by atoms with Gasteiger partial charge in [-0.25, -0.2) is 4.68 Å². The van der Waals surface area contributed by atoms with Crippen molar-refractivity contribution in [2.75, 3.05) is 0 Å². The minimum Gasteiger partial charge on any atom is -0.344 e. The van der Waals surface area contributed by atoms with Crippen molar-refractivity contribution in [3.8, 4) is 11.3 Å². The van der Waals surface area contributed by atoms with Crippen molar-refractivity contribution in [2.45, 2.75) is 31.9 Å². The van der Waals surface area contributed by atoms with Crippen LogP contribution in [0.4, 0.5) is 26.3 Å². The first-order chi connectivity index (χ1) is 17.8. The van der Waals surface area contributed by atoms with Crippen LogP contribution in [0.2, 0.25) is 5.02 Å². The second-order valence-corrected chi connectivity index (χ2v) is 8.72. The molecule has 38 heavy (non-hydrogen) atoms. The first-order valence-corrected chi connectivity index (χ1v) is 11.4. The van der Waals surface area contributed by atoms with E-state index in [9.17, 15) is 31.1 Å². The van der Waals surface area contributed by atoms with Crippen LogP contribution in [0, 0.1) is 0 Å². The number of pyridine rings is 1. The number of aromatic nitrogens is 4. The molecular formula is C25H18ClF6N5O. The largest absolute Gasteiger partial charge is 0.416 e. The Balaban J connectivity index is 1.75. The Kier molecular flexibility index (Phi) is 7.45. The molecule has 1 atom stereocenters. The molecule has 0 saturated carbocycles. The quantitative estimate of drug-likeness (QED) is 0.274. The first kappa shape index (κ1) is 27.1. The average molecular weight is 554 g/mol. The highest BCUT2D eigenvalue weighted by atomic mass is 35.5. The van der Waals surface area contributed by atoms with Crippen LogP contribution in [0.1, 0.15) is 45.7 Å². The van der Waals surface area contributed by atoms with Gasteiger partial charge in [0.25, 0.3) is 5.91 Å². The summed E-state index contributed by atoms with van der Waals surface area (Å²) in [4.78, 5) is 17.2. The van der Waals surface area contributed by atoms with Gasteiger partial charge in [0.05, 0.1) is 23.7 Å². The van der Waals surface area contributed by atoms with Gasteiger partial charge in [0.1, 0.15) is 5.69 Å². The lowest BCUT2D eigenvalue weighted by Gasteiger charge is -2.16. The highest BCUT2D eigenvalue weighted by Gasteiger charge is 2.37.